The van der Waals surface area contributed by atoms with E-state index in [1.54, 1.807) is 24.3 Å². The zero-order valence-corrected chi connectivity index (χ0v) is 21.7. The van der Waals surface area contributed by atoms with Crippen LogP contribution in [0.25, 0.3) is 0 Å². The normalized spacial score (nSPS) is 11.4. The summed E-state index contributed by atoms with van der Waals surface area (Å²) in [5.74, 6) is -0.622. The molecule has 188 valence electrons. The summed E-state index contributed by atoms with van der Waals surface area (Å²) in [7, 11) is -4.01. The first-order valence-electron chi connectivity index (χ1n) is 10.7. The number of amides is 2. The number of benzene rings is 3. The van der Waals surface area contributed by atoms with E-state index in [0.717, 1.165) is 16.7 Å². The van der Waals surface area contributed by atoms with Gasteiger partial charge in [-0.25, -0.2) is 5.43 Å². The highest BCUT2D eigenvalue weighted by molar-refractivity contribution is 7.99. The summed E-state index contributed by atoms with van der Waals surface area (Å²) < 4.78 is 30.5. The van der Waals surface area contributed by atoms with Crippen molar-refractivity contribution >= 4 is 57.2 Å². The molecule has 0 bridgehead atoms. The van der Waals surface area contributed by atoms with Gasteiger partial charge in [0.05, 0.1) is 23.2 Å². The summed E-state index contributed by atoms with van der Waals surface area (Å²) >= 11 is 7.40. The smallest absolute Gasteiger partial charge is 0.273 e. The maximum Gasteiger partial charge on any atom is 0.273 e. The number of hydrogen-bond acceptors (Lipinski definition) is 6. The SMILES string of the molecule is Cc1cccc(C=NNC(=O)c2cc(Cl)ccc2NC(=O)c2cccc(CSCCS(=O)(=O)O)c2)c1. The van der Waals surface area contributed by atoms with Gasteiger partial charge in [0.1, 0.15) is 0 Å². The van der Waals surface area contributed by atoms with Crippen molar-refractivity contribution in [2.75, 3.05) is 16.8 Å². The second-order valence-electron chi connectivity index (χ2n) is 7.80. The van der Waals surface area contributed by atoms with Gasteiger partial charge in [0.2, 0.25) is 0 Å². The highest BCUT2D eigenvalue weighted by atomic mass is 35.5. The molecule has 0 aliphatic heterocycles. The molecule has 3 N–H and O–H groups in total. The van der Waals surface area contributed by atoms with Gasteiger partial charge in [-0.05, 0) is 48.4 Å². The largest absolute Gasteiger partial charge is 0.321 e. The van der Waals surface area contributed by atoms with E-state index in [0.29, 0.717) is 16.3 Å². The van der Waals surface area contributed by atoms with Gasteiger partial charge in [-0.15, -0.1) is 0 Å². The first-order chi connectivity index (χ1) is 17.1. The average Bonchev–Trinajstić information content (AvgIpc) is 2.82. The maximum atomic E-state index is 12.9. The third-order valence-corrected chi connectivity index (χ3v) is 7.08. The third kappa shape index (κ3) is 8.80. The fourth-order valence-corrected chi connectivity index (χ4v) is 5.19. The van der Waals surface area contributed by atoms with Gasteiger partial charge in [-0.1, -0.05) is 53.6 Å². The van der Waals surface area contributed by atoms with Crippen molar-refractivity contribution in [1.82, 2.24) is 5.43 Å². The number of carbonyl (C=O) groups excluding carboxylic acids is 2. The van der Waals surface area contributed by atoms with Gasteiger partial charge >= 0.3 is 0 Å². The van der Waals surface area contributed by atoms with Crippen LogP contribution in [0.2, 0.25) is 5.02 Å². The van der Waals surface area contributed by atoms with E-state index < -0.39 is 21.9 Å². The second kappa shape index (κ2) is 12.7. The zero-order valence-electron chi connectivity index (χ0n) is 19.3. The van der Waals surface area contributed by atoms with Gasteiger partial charge in [0.15, 0.2) is 0 Å². The predicted molar refractivity (Wildman–Crippen MR) is 145 cm³/mol. The highest BCUT2D eigenvalue weighted by Crippen LogP contribution is 2.22. The Bertz CT molecular complexity index is 1390. The van der Waals surface area contributed by atoms with Crippen LogP contribution in [0, 0.1) is 6.92 Å². The summed E-state index contributed by atoms with van der Waals surface area (Å²) in [5, 5.41) is 7.05. The molecule has 3 aromatic rings. The van der Waals surface area contributed by atoms with Gasteiger partial charge in [-0.3, -0.25) is 14.1 Å². The summed E-state index contributed by atoms with van der Waals surface area (Å²) in [6.07, 6.45) is 1.52. The number of thioether (sulfide) groups is 1. The molecule has 0 saturated heterocycles. The molecule has 0 saturated carbocycles. The van der Waals surface area contributed by atoms with E-state index in [4.69, 9.17) is 16.2 Å². The van der Waals surface area contributed by atoms with Crippen molar-refractivity contribution in [2.24, 2.45) is 5.10 Å². The quantitative estimate of drug-likeness (QED) is 0.146. The summed E-state index contributed by atoms with van der Waals surface area (Å²) in [6.45, 7) is 1.95. The van der Waals surface area contributed by atoms with Crippen molar-refractivity contribution in [2.45, 2.75) is 12.7 Å². The average molecular weight is 546 g/mol. The number of carbonyl (C=O) groups is 2. The Balaban J connectivity index is 1.67. The van der Waals surface area contributed by atoms with E-state index in [-0.39, 0.29) is 22.8 Å². The molecule has 8 nitrogen and oxygen atoms in total. The molecule has 0 heterocycles. The van der Waals surface area contributed by atoms with E-state index in [2.05, 4.69) is 15.8 Å². The maximum absolute atomic E-state index is 12.9. The molecule has 0 unspecified atom stereocenters. The van der Waals surface area contributed by atoms with Crippen LogP contribution < -0.4 is 10.7 Å². The van der Waals surface area contributed by atoms with Crippen LogP contribution in [-0.4, -0.2) is 42.5 Å². The summed E-state index contributed by atoms with van der Waals surface area (Å²) in [5.41, 5.74) is 5.92. The van der Waals surface area contributed by atoms with Gasteiger partial charge < -0.3 is 5.32 Å². The first kappa shape index (κ1) is 27.4. The highest BCUT2D eigenvalue weighted by Gasteiger charge is 2.15. The molecule has 3 rings (SSSR count). The molecule has 0 atom stereocenters. The number of nitrogens with one attached hydrogen (secondary N) is 2. The van der Waals surface area contributed by atoms with E-state index in [1.165, 1.54) is 30.1 Å². The standard InChI is InChI=1S/C25H24ClN3O5S2/c1-17-4-2-5-18(12-17)15-27-29-25(31)22-14-21(26)8-9-23(22)28-24(30)20-7-3-6-19(13-20)16-35-10-11-36(32,33)34/h2-9,12-15H,10-11,16H2,1H3,(H,28,30)(H,29,31)(H,32,33,34). The van der Waals surface area contributed by atoms with Gasteiger partial charge in [0, 0.05) is 22.1 Å². The minimum atomic E-state index is -4.01. The van der Waals surface area contributed by atoms with Crippen molar-refractivity contribution in [1.29, 1.82) is 0 Å². The lowest BCUT2D eigenvalue weighted by atomic mass is 10.1. The number of aryl methyl sites for hydroxylation is 1. The molecule has 0 aliphatic carbocycles. The van der Waals surface area contributed by atoms with Gasteiger partial charge in [0.25, 0.3) is 21.9 Å². The number of halogens is 1. The van der Waals surface area contributed by atoms with E-state index >= 15 is 0 Å². The van der Waals surface area contributed by atoms with Crippen LogP contribution in [0.15, 0.2) is 71.8 Å². The molecule has 11 heteroatoms. The van der Waals surface area contributed by atoms with Crippen molar-refractivity contribution in [3.05, 3.63) is 99.6 Å². The van der Waals surface area contributed by atoms with Gasteiger partial charge in [-0.2, -0.15) is 25.3 Å². The molecular weight excluding hydrogens is 522 g/mol. The summed E-state index contributed by atoms with van der Waals surface area (Å²) in [6, 6.07) is 19.0. The van der Waals surface area contributed by atoms with E-state index in [9.17, 15) is 18.0 Å². The fourth-order valence-electron chi connectivity index (χ4n) is 3.14. The van der Waals surface area contributed by atoms with Crippen LogP contribution >= 0.6 is 23.4 Å². The Hall–Kier alpha value is -3.18. The number of anilines is 1. The Morgan fingerprint density at radius 3 is 2.58 bits per heavy atom. The zero-order chi connectivity index (χ0) is 26.1. The first-order valence-corrected chi connectivity index (χ1v) is 13.9. The lowest BCUT2D eigenvalue weighted by Crippen LogP contribution is -2.21. The summed E-state index contributed by atoms with van der Waals surface area (Å²) in [4.78, 5) is 25.7. The molecular formula is C25H24ClN3O5S2. The molecule has 3 aromatic carbocycles. The molecule has 0 aliphatic rings. The van der Waals surface area contributed by atoms with Crippen LogP contribution in [0.4, 0.5) is 5.69 Å². The van der Waals surface area contributed by atoms with Crippen LogP contribution in [0.5, 0.6) is 0 Å². The molecule has 0 fully saturated rings. The topological polar surface area (TPSA) is 125 Å². The predicted octanol–water partition coefficient (Wildman–Crippen LogP) is 4.79. The van der Waals surface area contributed by atoms with Crippen molar-refractivity contribution in [3.8, 4) is 0 Å². The molecule has 0 radical (unpaired) electrons. The lowest BCUT2D eigenvalue weighted by Gasteiger charge is -2.11. The number of rotatable bonds is 10. The second-order valence-corrected chi connectivity index (χ2v) is 10.9. The Labute approximate surface area is 218 Å². The minimum Gasteiger partial charge on any atom is -0.321 e. The number of hydrazone groups is 1. The molecule has 0 aromatic heterocycles. The Morgan fingerprint density at radius 1 is 1.06 bits per heavy atom. The minimum absolute atomic E-state index is 0.147. The third-order valence-electron chi connectivity index (χ3n) is 4.84. The molecule has 0 spiro atoms. The van der Waals surface area contributed by atoms with Crippen molar-refractivity contribution < 1.29 is 22.6 Å². The van der Waals surface area contributed by atoms with Crippen LogP contribution in [-0.2, 0) is 15.9 Å². The van der Waals surface area contributed by atoms with Crippen molar-refractivity contribution in [3.63, 3.8) is 0 Å². The number of nitrogens with zero attached hydrogens (tertiary/aromatic N) is 1. The fraction of sp³-hybridized carbons (Fsp3) is 0.160. The van der Waals surface area contributed by atoms with E-state index in [1.807, 2.05) is 37.3 Å². The molecule has 2 amide bonds. The Kier molecular flexibility index (Phi) is 9.65. The lowest BCUT2D eigenvalue weighted by molar-refractivity contribution is 0.0956. The number of hydrogen-bond donors (Lipinski definition) is 3. The van der Waals surface area contributed by atoms with Crippen LogP contribution in [0.1, 0.15) is 37.4 Å². The Morgan fingerprint density at radius 2 is 1.83 bits per heavy atom. The van der Waals surface area contributed by atoms with Crippen LogP contribution in [0.3, 0.4) is 0 Å². The monoisotopic (exact) mass is 545 g/mol. The molecule has 36 heavy (non-hydrogen) atoms.